The molecule has 0 atom stereocenters. The van der Waals surface area contributed by atoms with Crippen LogP contribution in [0.4, 0.5) is 27.5 Å². The largest absolute Gasteiger partial charge is 0.456 e. The number of aryl methyl sites for hydroxylation is 1. The van der Waals surface area contributed by atoms with E-state index in [0.717, 1.165) is 5.56 Å². The van der Waals surface area contributed by atoms with Gasteiger partial charge in [-0.1, -0.05) is 29.8 Å². The minimum absolute atomic E-state index is 0.0266. The van der Waals surface area contributed by atoms with Crippen LogP contribution in [-0.4, -0.2) is 73.5 Å². The Balaban J connectivity index is 1.26. The molecule has 17 heteroatoms. The molecule has 0 saturated carbocycles. The zero-order valence-electron chi connectivity index (χ0n) is 29.2. The topological polar surface area (TPSA) is 213 Å². The van der Waals surface area contributed by atoms with Crippen LogP contribution in [0.5, 0.6) is 0 Å². The molecular formula is C36H37ClN10O6. The average Bonchev–Trinajstić information content (AvgIpc) is 3.66. The number of hydrogen-bond acceptors (Lipinski definition) is 10. The Bertz CT molecular complexity index is 2030. The normalized spacial score (nSPS) is 13.0. The smallest absolute Gasteiger partial charge is 0.340 e. The molecular weight excluding hydrogens is 704 g/mol. The van der Waals surface area contributed by atoms with Crippen molar-refractivity contribution < 1.29 is 28.7 Å². The number of para-hydroxylation sites is 1. The summed E-state index contributed by atoms with van der Waals surface area (Å²) in [5.74, 6) is -3.52. The number of carbonyl (C=O) groups excluding carboxylic acids is 5. The minimum atomic E-state index is -1.15. The van der Waals surface area contributed by atoms with Gasteiger partial charge in [-0.2, -0.15) is 9.94 Å². The van der Waals surface area contributed by atoms with E-state index in [1.54, 1.807) is 62.1 Å². The molecule has 1 aliphatic heterocycles. The average molecular weight is 741 g/mol. The minimum Gasteiger partial charge on any atom is -0.456 e. The molecule has 0 spiro atoms. The summed E-state index contributed by atoms with van der Waals surface area (Å²) in [7, 11) is 0. The number of carbonyl (C=O) groups is 5. The molecule has 4 aromatic rings. The Morgan fingerprint density at radius 1 is 0.925 bits per heavy atom. The van der Waals surface area contributed by atoms with Crippen molar-refractivity contribution in [2.75, 3.05) is 34.4 Å². The van der Waals surface area contributed by atoms with Gasteiger partial charge in [-0.15, -0.1) is 5.10 Å². The molecule has 0 bridgehead atoms. The van der Waals surface area contributed by atoms with Gasteiger partial charge in [0.15, 0.2) is 0 Å². The molecule has 2 heterocycles. The van der Waals surface area contributed by atoms with Crippen LogP contribution in [0.3, 0.4) is 0 Å². The molecule has 274 valence electrons. The summed E-state index contributed by atoms with van der Waals surface area (Å²) in [4.78, 5) is 67.2. The Kier molecular flexibility index (Phi) is 12.0. The van der Waals surface area contributed by atoms with Gasteiger partial charge in [-0.3, -0.25) is 14.4 Å². The summed E-state index contributed by atoms with van der Waals surface area (Å²) in [6.45, 7) is 6.07. The first-order valence-corrected chi connectivity index (χ1v) is 17.0. The molecule has 1 saturated heterocycles. The van der Waals surface area contributed by atoms with E-state index in [0.29, 0.717) is 43.7 Å². The number of hydrogen-bond donors (Lipinski definition) is 4. The van der Waals surface area contributed by atoms with E-state index in [-0.39, 0.29) is 46.0 Å². The first-order chi connectivity index (χ1) is 25.3. The summed E-state index contributed by atoms with van der Waals surface area (Å²) < 4.78 is 6.80. The quantitative estimate of drug-likeness (QED) is 0.130. The van der Waals surface area contributed by atoms with E-state index in [1.165, 1.54) is 35.3 Å². The van der Waals surface area contributed by atoms with Crippen molar-refractivity contribution in [3.63, 3.8) is 0 Å². The molecule has 1 fully saturated rings. The maximum Gasteiger partial charge on any atom is 0.340 e. The number of likely N-dealkylation sites (tertiary alicyclic amines) is 1. The highest BCUT2D eigenvalue weighted by molar-refractivity contribution is 6.44. The van der Waals surface area contributed by atoms with Crippen LogP contribution < -0.4 is 21.3 Å². The van der Waals surface area contributed by atoms with Gasteiger partial charge in [0.2, 0.25) is 5.91 Å². The number of nitrogens with one attached hydrogen (secondary N) is 4. The first kappa shape index (κ1) is 37.9. The van der Waals surface area contributed by atoms with E-state index in [9.17, 15) is 24.0 Å². The monoisotopic (exact) mass is 740 g/mol. The lowest BCUT2D eigenvalue weighted by Gasteiger charge is -2.29. The Labute approximate surface area is 309 Å². The second-order valence-corrected chi connectivity index (χ2v) is 13.6. The third kappa shape index (κ3) is 10.4. The van der Waals surface area contributed by atoms with Crippen LogP contribution in [0, 0.1) is 17.2 Å². The van der Waals surface area contributed by atoms with Gasteiger partial charge >= 0.3 is 23.8 Å². The van der Waals surface area contributed by atoms with Crippen LogP contribution >= 0.6 is 11.6 Å². The number of urea groups is 1. The second-order valence-electron chi connectivity index (χ2n) is 13.1. The van der Waals surface area contributed by atoms with Gasteiger partial charge in [0.1, 0.15) is 11.9 Å². The molecule has 0 radical (unpaired) electrons. The third-order valence-corrected chi connectivity index (χ3v) is 8.25. The van der Waals surface area contributed by atoms with Gasteiger partial charge in [0.25, 0.3) is 0 Å². The maximum atomic E-state index is 13.3. The number of esters is 1. The van der Waals surface area contributed by atoms with Crippen molar-refractivity contribution in [1.29, 1.82) is 5.26 Å². The van der Waals surface area contributed by atoms with Gasteiger partial charge in [-0.25, -0.2) is 9.59 Å². The van der Waals surface area contributed by atoms with Crippen LogP contribution in [-0.2, 0) is 25.5 Å². The maximum absolute atomic E-state index is 13.3. The highest BCUT2D eigenvalue weighted by atomic mass is 35.5. The van der Waals surface area contributed by atoms with Crippen molar-refractivity contribution in [1.82, 2.24) is 25.1 Å². The number of amides is 5. The van der Waals surface area contributed by atoms with Gasteiger partial charge in [0.05, 0.1) is 34.4 Å². The zero-order valence-corrected chi connectivity index (χ0v) is 29.9. The first-order valence-electron chi connectivity index (χ1n) is 16.7. The van der Waals surface area contributed by atoms with Crippen LogP contribution in [0.15, 0.2) is 67.0 Å². The number of nitrogens with zero attached hydrogens (tertiary/aromatic N) is 6. The lowest BCUT2D eigenvalue weighted by atomic mass is 9.99. The van der Waals surface area contributed by atoms with Crippen LogP contribution in [0.25, 0.3) is 5.69 Å². The highest BCUT2D eigenvalue weighted by Gasteiger charge is 2.26. The SMILES string of the molecule is CC(C)(C)OC(=O)c1cccc(NC(=O)CCc2ccc(NC(=O)N3CCC(C#N)CC3)cc2)c1NC(=O)C(=O)Nc1cc(Cl)ccc1-n1cnnn1. The van der Waals surface area contributed by atoms with E-state index in [2.05, 4.69) is 42.9 Å². The van der Waals surface area contributed by atoms with Gasteiger partial charge in [-0.05, 0) is 98.5 Å². The standard InChI is InChI=1S/C36H37ClN10O6/c1-36(2,3)53-34(51)26-5-4-6-27(31(26)43-33(50)32(49)42-28-19-24(37)10-13-29(28)47-21-39-44-45-47)41-30(48)14-9-22-7-11-25(12-8-22)40-35(52)46-17-15-23(20-38)16-18-46/h4-8,10-13,19,21,23H,9,14-18H2,1-3H3,(H,40,52)(H,41,48)(H,42,49)(H,43,50). The summed E-state index contributed by atoms with van der Waals surface area (Å²) in [5, 5.41) is 30.9. The predicted molar refractivity (Wildman–Crippen MR) is 195 cm³/mol. The second kappa shape index (κ2) is 16.8. The number of halogens is 1. The van der Waals surface area contributed by atoms with Crippen molar-refractivity contribution >= 4 is 64.1 Å². The molecule has 16 nitrogen and oxygen atoms in total. The Morgan fingerprint density at radius 2 is 1.64 bits per heavy atom. The van der Waals surface area contributed by atoms with E-state index < -0.39 is 29.3 Å². The zero-order chi connectivity index (χ0) is 38.1. The molecule has 1 aromatic heterocycles. The summed E-state index contributed by atoms with van der Waals surface area (Å²) >= 11 is 6.14. The molecule has 5 amide bonds. The molecule has 0 aliphatic carbocycles. The molecule has 0 unspecified atom stereocenters. The number of tetrazole rings is 1. The predicted octanol–water partition coefficient (Wildman–Crippen LogP) is 5.19. The fraction of sp³-hybridized carbons (Fsp3) is 0.306. The number of nitriles is 1. The van der Waals surface area contributed by atoms with Gasteiger partial charge in [0, 0.05) is 36.1 Å². The lowest BCUT2D eigenvalue weighted by Crippen LogP contribution is -2.40. The third-order valence-electron chi connectivity index (χ3n) is 8.02. The number of aromatic nitrogens is 4. The Hall–Kier alpha value is -6.34. The molecule has 4 N–H and O–H groups in total. The van der Waals surface area contributed by atoms with Crippen molar-refractivity contribution in [2.24, 2.45) is 5.92 Å². The van der Waals surface area contributed by atoms with Crippen LogP contribution in [0.1, 0.15) is 56.0 Å². The molecule has 3 aromatic carbocycles. The van der Waals surface area contributed by atoms with Crippen molar-refractivity contribution in [3.05, 3.63) is 83.1 Å². The summed E-state index contributed by atoms with van der Waals surface area (Å²) in [6.07, 6.45) is 2.95. The van der Waals surface area contributed by atoms with Crippen molar-refractivity contribution in [3.8, 4) is 11.8 Å². The van der Waals surface area contributed by atoms with Gasteiger partial charge < -0.3 is 30.9 Å². The highest BCUT2D eigenvalue weighted by Crippen LogP contribution is 2.30. The fourth-order valence-electron chi connectivity index (χ4n) is 5.36. The molecule has 53 heavy (non-hydrogen) atoms. The number of benzene rings is 3. The Morgan fingerprint density at radius 3 is 2.30 bits per heavy atom. The van der Waals surface area contributed by atoms with E-state index >= 15 is 0 Å². The number of ether oxygens (including phenoxy) is 1. The summed E-state index contributed by atoms with van der Waals surface area (Å²) in [5.41, 5.74) is 0.817. The van der Waals surface area contributed by atoms with E-state index in [4.69, 9.17) is 21.6 Å². The van der Waals surface area contributed by atoms with Crippen LogP contribution in [0.2, 0.25) is 5.02 Å². The van der Waals surface area contributed by atoms with E-state index in [1.807, 2.05) is 0 Å². The van der Waals surface area contributed by atoms with Crippen molar-refractivity contribution in [2.45, 2.75) is 52.1 Å². The molecule has 1 aliphatic rings. The number of rotatable bonds is 9. The number of anilines is 4. The lowest BCUT2D eigenvalue weighted by molar-refractivity contribution is -0.133. The fourth-order valence-corrected chi connectivity index (χ4v) is 5.54. The number of piperidine rings is 1. The molecule has 5 rings (SSSR count). The summed E-state index contributed by atoms with van der Waals surface area (Å²) in [6, 6.07) is 18.0.